The SMILES string of the molecule is CCC1N(c2ccc(OC)cc2)C(=O)C1(C)C. The summed E-state index contributed by atoms with van der Waals surface area (Å²) in [5, 5.41) is 0. The molecule has 17 heavy (non-hydrogen) atoms. The highest BCUT2D eigenvalue weighted by Crippen LogP contribution is 2.43. The van der Waals surface area contributed by atoms with E-state index in [0.717, 1.165) is 17.9 Å². The standard InChI is InChI=1S/C14H19NO2/c1-5-12-14(2,3)13(16)15(12)10-6-8-11(17-4)9-7-10/h6-9,12H,5H2,1-4H3. The van der Waals surface area contributed by atoms with E-state index in [1.165, 1.54) is 0 Å². The van der Waals surface area contributed by atoms with Crippen molar-refractivity contribution in [2.45, 2.75) is 33.2 Å². The lowest BCUT2D eigenvalue weighted by Crippen LogP contribution is -2.66. The molecular formula is C14H19NO2. The summed E-state index contributed by atoms with van der Waals surface area (Å²) < 4.78 is 5.12. The monoisotopic (exact) mass is 233 g/mol. The predicted molar refractivity (Wildman–Crippen MR) is 68.3 cm³/mol. The van der Waals surface area contributed by atoms with E-state index in [2.05, 4.69) is 6.92 Å². The Morgan fingerprint density at radius 1 is 1.29 bits per heavy atom. The van der Waals surface area contributed by atoms with Crippen LogP contribution in [0.4, 0.5) is 5.69 Å². The third kappa shape index (κ3) is 1.70. The van der Waals surface area contributed by atoms with Crippen LogP contribution in [0.1, 0.15) is 27.2 Å². The van der Waals surface area contributed by atoms with Gasteiger partial charge in [-0.25, -0.2) is 0 Å². The Morgan fingerprint density at radius 2 is 1.88 bits per heavy atom. The summed E-state index contributed by atoms with van der Waals surface area (Å²) in [7, 11) is 1.64. The highest BCUT2D eigenvalue weighted by molar-refractivity contribution is 6.05. The zero-order chi connectivity index (χ0) is 12.6. The number of hydrogen-bond donors (Lipinski definition) is 0. The first-order chi connectivity index (χ1) is 8.02. The van der Waals surface area contributed by atoms with Crippen LogP contribution in [0.25, 0.3) is 0 Å². The van der Waals surface area contributed by atoms with Gasteiger partial charge in [-0.2, -0.15) is 0 Å². The molecule has 0 aliphatic carbocycles. The molecule has 3 nitrogen and oxygen atoms in total. The number of amides is 1. The summed E-state index contributed by atoms with van der Waals surface area (Å²) in [4.78, 5) is 14.0. The fraction of sp³-hybridized carbons (Fsp3) is 0.500. The minimum absolute atomic E-state index is 0.203. The van der Waals surface area contributed by atoms with E-state index in [1.807, 2.05) is 43.0 Å². The molecule has 1 amide bonds. The number of methoxy groups -OCH3 is 1. The van der Waals surface area contributed by atoms with Crippen LogP contribution in [0.5, 0.6) is 5.75 Å². The molecule has 2 rings (SSSR count). The minimum Gasteiger partial charge on any atom is -0.497 e. The van der Waals surface area contributed by atoms with Crippen molar-refractivity contribution in [2.75, 3.05) is 12.0 Å². The maximum atomic E-state index is 12.1. The lowest BCUT2D eigenvalue weighted by molar-refractivity contribution is -0.137. The molecule has 1 saturated heterocycles. The van der Waals surface area contributed by atoms with Crippen LogP contribution in [-0.4, -0.2) is 19.1 Å². The normalized spacial score (nSPS) is 22.2. The Kier molecular flexibility index (Phi) is 2.86. The fourth-order valence-corrected chi connectivity index (χ4v) is 2.58. The Balaban J connectivity index is 2.25. The van der Waals surface area contributed by atoms with Crippen LogP contribution in [0.3, 0.4) is 0 Å². The second kappa shape index (κ2) is 4.06. The predicted octanol–water partition coefficient (Wildman–Crippen LogP) is 2.85. The Bertz CT molecular complexity index is 422. The molecular weight excluding hydrogens is 214 g/mol. The summed E-state index contributed by atoms with van der Waals surface area (Å²) in [5.74, 6) is 1.02. The number of carbonyl (C=O) groups excluding carboxylic acids is 1. The smallest absolute Gasteiger partial charge is 0.235 e. The second-order valence-electron chi connectivity index (χ2n) is 5.02. The average molecular weight is 233 g/mol. The Hall–Kier alpha value is -1.51. The van der Waals surface area contributed by atoms with E-state index in [0.29, 0.717) is 6.04 Å². The van der Waals surface area contributed by atoms with Gasteiger partial charge in [-0.3, -0.25) is 4.79 Å². The lowest BCUT2D eigenvalue weighted by atomic mass is 9.72. The van der Waals surface area contributed by atoms with Gasteiger partial charge in [0, 0.05) is 5.69 Å². The number of ether oxygens (including phenoxy) is 1. The van der Waals surface area contributed by atoms with E-state index in [1.54, 1.807) is 7.11 Å². The maximum Gasteiger partial charge on any atom is 0.235 e. The van der Waals surface area contributed by atoms with E-state index in [-0.39, 0.29) is 11.3 Å². The van der Waals surface area contributed by atoms with Crippen LogP contribution >= 0.6 is 0 Å². The first kappa shape index (κ1) is 12.0. The van der Waals surface area contributed by atoms with E-state index in [4.69, 9.17) is 4.74 Å². The number of nitrogens with zero attached hydrogens (tertiary/aromatic N) is 1. The Labute approximate surface area is 102 Å². The summed E-state index contributed by atoms with van der Waals surface area (Å²) in [6.07, 6.45) is 0.977. The van der Waals surface area contributed by atoms with E-state index < -0.39 is 0 Å². The topological polar surface area (TPSA) is 29.5 Å². The van der Waals surface area contributed by atoms with Gasteiger partial charge in [0.2, 0.25) is 5.91 Å². The van der Waals surface area contributed by atoms with E-state index in [9.17, 15) is 4.79 Å². The largest absolute Gasteiger partial charge is 0.497 e. The highest BCUT2D eigenvalue weighted by atomic mass is 16.5. The Morgan fingerprint density at radius 3 is 2.35 bits per heavy atom. The van der Waals surface area contributed by atoms with Gasteiger partial charge < -0.3 is 9.64 Å². The summed E-state index contributed by atoms with van der Waals surface area (Å²) in [6.45, 7) is 6.16. The molecule has 0 N–H and O–H groups in total. The van der Waals surface area contributed by atoms with Gasteiger partial charge in [0.05, 0.1) is 18.6 Å². The zero-order valence-corrected chi connectivity index (χ0v) is 10.9. The third-order valence-electron chi connectivity index (χ3n) is 3.65. The average Bonchev–Trinajstić information content (AvgIpc) is 2.35. The molecule has 0 bridgehead atoms. The van der Waals surface area contributed by atoms with Crippen LogP contribution in [0.15, 0.2) is 24.3 Å². The van der Waals surface area contributed by atoms with Gasteiger partial charge >= 0.3 is 0 Å². The van der Waals surface area contributed by atoms with E-state index >= 15 is 0 Å². The number of hydrogen-bond acceptors (Lipinski definition) is 2. The molecule has 1 aliphatic heterocycles. The summed E-state index contributed by atoms with van der Waals surface area (Å²) in [5.41, 5.74) is 0.733. The molecule has 1 aliphatic rings. The van der Waals surface area contributed by atoms with Crippen molar-refractivity contribution in [1.29, 1.82) is 0 Å². The van der Waals surface area contributed by atoms with Gasteiger partial charge in [0.15, 0.2) is 0 Å². The highest BCUT2D eigenvalue weighted by Gasteiger charge is 2.53. The molecule has 1 aromatic rings. The van der Waals surface area contributed by atoms with Crippen molar-refractivity contribution >= 4 is 11.6 Å². The number of benzene rings is 1. The molecule has 0 saturated carbocycles. The first-order valence-corrected chi connectivity index (χ1v) is 6.00. The molecule has 1 fully saturated rings. The van der Waals surface area contributed by atoms with Crippen LogP contribution in [-0.2, 0) is 4.79 Å². The quantitative estimate of drug-likeness (QED) is 0.751. The summed E-state index contributed by atoms with van der Waals surface area (Å²) in [6, 6.07) is 7.95. The molecule has 0 radical (unpaired) electrons. The second-order valence-corrected chi connectivity index (χ2v) is 5.02. The fourth-order valence-electron chi connectivity index (χ4n) is 2.58. The lowest BCUT2D eigenvalue weighted by Gasteiger charge is -2.52. The molecule has 0 aromatic heterocycles. The number of carbonyl (C=O) groups is 1. The zero-order valence-electron chi connectivity index (χ0n) is 10.9. The molecule has 1 unspecified atom stereocenters. The molecule has 1 heterocycles. The molecule has 1 aromatic carbocycles. The van der Waals surface area contributed by atoms with Crippen molar-refractivity contribution in [2.24, 2.45) is 5.41 Å². The van der Waals surface area contributed by atoms with Crippen molar-refractivity contribution in [1.82, 2.24) is 0 Å². The maximum absolute atomic E-state index is 12.1. The van der Waals surface area contributed by atoms with Crippen molar-refractivity contribution in [3.05, 3.63) is 24.3 Å². The van der Waals surface area contributed by atoms with Crippen molar-refractivity contribution in [3.8, 4) is 5.75 Å². The van der Waals surface area contributed by atoms with Crippen LogP contribution < -0.4 is 9.64 Å². The van der Waals surface area contributed by atoms with Crippen LogP contribution in [0, 0.1) is 5.41 Å². The van der Waals surface area contributed by atoms with Gasteiger partial charge in [-0.1, -0.05) is 6.92 Å². The van der Waals surface area contributed by atoms with Gasteiger partial charge in [-0.15, -0.1) is 0 Å². The number of anilines is 1. The molecule has 92 valence electrons. The van der Waals surface area contributed by atoms with Crippen molar-refractivity contribution < 1.29 is 9.53 Å². The molecule has 3 heteroatoms. The van der Waals surface area contributed by atoms with Crippen molar-refractivity contribution in [3.63, 3.8) is 0 Å². The molecule has 0 spiro atoms. The van der Waals surface area contributed by atoms with Gasteiger partial charge in [-0.05, 0) is 44.5 Å². The van der Waals surface area contributed by atoms with Gasteiger partial charge in [0.25, 0.3) is 0 Å². The van der Waals surface area contributed by atoms with Gasteiger partial charge in [0.1, 0.15) is 5.75 Å². The van der Waals surface area contributed by atoms with Crippen LogP contribution in [0.2, 0.25) is 0 Å². The minimum atomic E-state index is -0.228. The number of β-lactam (4-membered cyclic amide) rings is 1. The summed E-state index contributed by atoms with van der Waals surface area (Å²) >= 11 is 0. The molecule has 1 atom stereocenters. The number of rotatable bonds is 3. The first-order valence-electron chi connectivity index (χ1n) is 6.00. The third-order valence-corrected chi connectivity index (χ3v) is 3.65.